The molecule has 2 aliphatic rings. The molecule has 1 saturated heterocycles. The van der Waals surface area contributed by atoms with Gasteiger partial charge in [0.1, 0.15) is 23.5 Å². The number of carbonyl (C=O) groups is 3. The Bertz CT molecular complexity index is 1120. The molecule has 0 spiro atoms. The fourth-order valence-electron chi connectivity index (χ4n) is 4.79. The van der Waals surface area contributed by atoms with Gasteiger partial charge >= 0.3 is 6.09 Å². The van der Waals surface area contributed by atoms with Gasteiger partial charge in [-0.05, 0) is 63.1 Å². The van der Waals surface area contributed by atoms with Crippen LogP contribution in [0.3, 0.4) is 0 Å². The number of piperidine rings is 1. The lowest BCUT2D eigenvalue weighted by Gasteiger charge is -2.35. The minimum absolute atomic E-state index is 0.00665. The largest absolute Gasteiger partial charge is 0.444 e. The lowest BCUT2D eigenvalue weighted by molar-refractivity contribution is -0.128. The zero-order valence-electron chi connectivity index (χ0n) is 20.9. The third-order valence-electron chi connectivity index (χ3n) is 6.33. The number of hydrogen-bond donors (Lipinski definition) is 3. The third-order valence-corrected chi connectivity index (χ3v) is 6.33. The number of allylic oxidation sites excluding steroid dienone is 1. The number of hydrogen-bond acceptors (Lipinski definition) is 6. The van der Waals surface area contributed by atoms with Crippen molar-refractivity contribution in [1.82, 2.24) is 15.5 Å². The number of halogens is 1. The van der Waals surface area contributed by atoms with Gasteiger partial charge in [0.05, 0.1) is 6.07 Å². The smallest absolute Gasteiger partial charge is 0.411 e. The molecule has 1 heterocycles. The SMILES string of the molecule is CC(=O)N/C=C(\C=N)c1ccc(C[C@@H](C#N)NC(=O)[C@@H]2[C@H]3CC[C@H](C3)N2C(=O)OC(C)(C)C)c(F)c1. The van der Waals surface area contributed by atoms with Gasteiger partial charge in [0.2, 0.25) is 11.8 Å². The Kier molecular flexibility index (Phi) is 8.13. The zero-order chi connectivity index (χ0) is 26.6. The summed E-state index contributed by atoms with van der Waals surface area (Å²) in [5.41, 5.74) is 0.200. The molecule has 3 N–H and O–H groups in total. The van der Waals surface area contributed by atoms with Crippen molar-refractivity contribution in [2.45, 2.75) is 77.1 Å². The summed E-state index contributed by atoms with van der Waals surface area (Å²) in [6, 6.07) is 4.48. The van der Waals surface area contributed by atoms with Gasteiger partial charge in [0.15, 0.2) is 0 Å². The first-order valence-corrected chi connectivity index (χ1v) is 11.9. The number of likely N-dealkylation sites (tertiary alicyclic amines) is 1. The Labute approximate surface area is 210 Å². The van der Waals surface area contributed by atoms with E-state index in [0.29, 0.717) is 17.6 Å². The first kappa shape index (κ1) is 26.9. The van der Waals surface area contributed by atoms with Crippen molar-refractivity contribution in [3.8, 4) is 6.07 Å². The average Bonchev–Trinajstić information content (AvgIpc) is 3.41. The summed E-state index contributed by atoms with van der Waals surface area (Å²) < 4.78 is 20.4. The minimum Gasteiger partial charge on any atom is -0.444 e. The van der Waals surface area contributed by atoms with E-state index in [0.717, 1.165) is 19.1 Å². The molecule has 0 radical (unpaired) electrons. The van der Waals surface area contributed by atoms with Crippen LogP contribution in [0.2, 0.25) is 0 Å². The van der Waals surface area contributed by atoms with Gasteiger partial charge in [-0.3, -0.25) is 14.5 Å². The Morgan fingerprint density at radius 3 is 2.64 bits per heavy atom. The van der Waals surface area contributed by atoms with Crippen molar-refractivity contribution in [3.63, 3.8) is 0 Å². The second-order valence-corrected chi connectivity index (χ2v) is 10.2. The molecule has 1 aliphatic carbocycles. The lowest BCUT2D eigenvalue weighted by atomic mass is 9.97. The second-order valence-electron chi connectivity index (χ2n) is 10.2. The Balaban J connectivity index is 1.71. The molecule has 0 unspecified atom stereocenters. The third kappa shape index (κ3) is 6.27. The van der Waals surface area contributed by atoms with Gasteiger partial charge in [-0.1, -0.05) is 12.1 Å². The van der Waals surface area contributed by atoms with E-state index in [1.807, 2.05) is 6.07 Å². The van der Waals surface area contributed by atoms with Gasteiger partial charge in [-0.25, -0.2) is 9.18 Å². The molecule has 3 amide bonds. The molecule has 192 valence electrons. The summed E-state index contributed by atoms with van der Waals surface area (Å²) in [4.78, 5) is 38.6. The van der Waals surface area contributed by atoms with E-state index in [9.17, 15) is 24.0 Å². The number of rotatable bonds is 7. The molecular weight excluding hydrogens is 465 g/mol. The number of benzene rings is 1. The van der Waals surface area contributed by atoms with Gasteiger partial charge in [0.25, 0.3) is 0 Å². The van der Waals surface area contributed by atoms with Crippen molar-refractivity contribution in [1.29, 1.82) is 10.7 Å². The van der Waals surface area contributed by atoms with Crippen LogP contribution >= 0.6 is 0 Å². The van der Waals surface area contributed by atoms with E-state index in [1.54, 1.807) is 26.8 Å². The fourth-order valence-corrected chi connectivity index (χ4v) is 4.79. The van der Waals surface area contributed by atoms with Crippen LogP contribution in [-0.4, -0.2) is 52.7 Å². The fraction of sp³-hybridized carbons (Fsp3) is 0.500. The molecule has 10 heteroatoms. The standard InChI is InChI=1S/C26H32FN5O4/c1-15(33)30-14-19(12-28)16-5-6-17(22(27)11-16)9-20(13-29)31-24(34)23-18-7-8-21(10-18)32(23)25(35)36-26(2,3)4/h5-6,11-12,14,18,20-21,23,28H,7-10H2,1-4H3,(H,30,33)(H,31,34)/b19-14+,28-12?/t18-,20-,21+,23-/m0/s1. The Morgan fingerprint density at radius 2 is 2.06 bits per heavy atom. The van der Waals surface area contributed by atoms with Crippen molar-refractivity contribution in [3.05, 3.63) is 41.3 Å². The van der Waals surface area contributed by atoms with Gasteiger partial charge in [0, 0.05) is 37.4 Å². The minimum atomic E-state index is -1.01. The van der Waals surface area contributed by atoms with Crippen LogP contribution in [0.4, 0.5) is 9.18 Å². The summed E-state index contributed by atoms with van der Waals surface area (Å²) in [6.45, 7) is 6.61. The van der Waals surface area contributed by atoms with E-state index in [1.165, 1.54) is 30.2 Å². The highest BCUT2D eigenvalue weighted by atomic mass is 19.1. The van der Waals surface area contributed by atoms with E-state index in [2.05, 4.69) is 10.6 Å². The summed E-state index contributed by atoms with van der Waals surface area (Å²) in [7, 11) is 0. The maximum absolute atomic E-state index is 14.8. The van der Waals surface area contributed by atoms with Crippen LogP contribution in [0.25, 0.3) is 5.57 Å². The molecule has 0 aromatic heterocycles. The molecule has 3 rings (SSSR count). The first-order valence-electron chi connectivity index (χ1n) is 11.9. The summed E-state index contributed by atoms with van der Waals surface area (Å²) in [5, 5.41) is 22.3. The molecule has 1 aromatic carbocycles. The van der Waals surface area contributed by atoms with Gasteiger partial charge in [-0.15, -0.1) is 0 Å². The summed E-state index contributed by atoms with van der Waals surface area (Å²) in [5.74, 6) is -1.37. The van der Waals surface area contributed by atoms with Crippen LogP contribution in [0, 0.1) is 28.5 Å². The number of nitrogens with one attached hydrogen (secondary N) is 3. The number of nitriles is 1. The number of nitrogens with zero attached hydrogens (tertiary/aromatic N) is 2. The molecule has 1 aliphatic heterocycles. The highest BCUT2D eigenvalue weighted by Gasteiger charge is 2.52. The quantitative estimate of drug-likeness (QED) is 0.497. The molecule has 36 heavy (non-hydrogen) atoms. The maximum atomic E-state index is 14.8. The second kappa shape index (κ2) is 10.9. The maximum Gasteiger partial charge on any atom is 0.411 e. The Morgan fingerprint density at radius 1 is 1.33 bits per heavy atom. The molecule has 1 saturated carbocycles. The van der Waals surface area contributed by atoms with Gasteiger partial charge < -0.3 is 20.8 Å². The van der Waals surface area contributed by atoms with Crippen LogP contribution in [0.15, 0.2) is 24.4 Å². The van der Waals surface area contributed by atoms with Crippen molar-refractivity contribution >= 4 is 29.7 Å². The summed E-state index contributed by atoms with van der Waals surface area (Å²) in [6.07, 6.45) is 4.03. The predicted molar refractivity (Wildman–Crippen MR) is 131 cm³/mol. The van der Waals surface area contributed by atoms with E-state index < -0.39 is 35.5 Å². The van der Waals surface area contributed by atoms with E-state index in [-0.39, 0.29) is 29.9 Å². The number of ether oxygens (including phenoxy) is 1. The topological polar surface area (TPSA) is 135 Å². The normalized spacial score (nSPS) is 21.9. The predicted octanol–water partition coefficient (Wildman–Crippen LogP) is 3.29. The molecule has 1 aromatic rings. The average molecular weight is 498 g/mol. The highest BCUT2D eigenvalue weighted by molar-refractivity contribution is 6.08. The molecule has 2 bridgehead atoms. The zero-order valence-corrected chi connectivity index (χ0v) is 20.9. The highest BCUT2D eigenvalue weighted by Crippen LogP contribution is 2.43. The number of fused-ring (bicyclic) bond motifs is 2. The van der Waals surface area contributed by atoms with E-state index in [4.69, 9.17) is 10.1 Å². The molecule has 9 nitrogen and oxygen atoms in total. The number of carbonyl (C=O) groups excluding carboxylic acids is 3. The Hall–Kier alpha value is -3.74. The van der Waals surface area contributed by atoms with Crippen molar-refractivity contribution in [2.24, 2.45) is 5.92 Å². The van der Waals surface area contributed by atoms with Crippen molar-refractivity contribution < 1.29 is 23.5 Å². The lowest BCUT2D eigenvalue weighted by Crippen LogP contribution is -2.55. The van der Waals surface area contributed by atoms with Crippen LogP contribution in [0.5, 0.6) is 0 Å². The van der Waals surface area contributed by atoms with Crippen molar-refractivity contribution in [2.75, 3.05) is 0 Å². The van der Waals surface area contributed by atoms with E-state index >= 15 is 0 Å². The molecule has 4 atom stereocenters. The molecular formula is C26H32FN5O4. The van der Waals surface area contributed by atoms with Gasteiger partial charge in [-0.2, -0.15) is 5.26 Å². The number of amides is 3. The van der Waals surface area contributed by atoms with Crippen LogP contribution in [-0.2, 0) is 20.7 Å². The van der Waals surface area contributed by atoms with Crippen LogP contribution < -0.4 is 10.6 Å². The summed E-state index contributed by atoms with van der Waals surface area (Å²) >= 11 is 0. The molecule has 2 fully saturated rings. The monoisotopic (exact) mass is 497 g/mol. The van der Waals surface area contributed by atoms with Crippen LogP contribution in [0.1, 0.15) is 58.1 Å². The first-order chi connectivity index (χ1) is 16.9.